The first-order valence-electron chi connectivity index (χ1n) is 10.3. The van der Waals surface area contributed by atoms with Crippen LogP contribution in [-0.2, 0) is 4.79 Å². The predicted octanol–water partition coefficient (Wildman–Crippen LogP) is 3.41. The SMILES string of the molecule is Cc1ccc(-c2nn(-c3ccccc3)cc2C(=O)NCCNC(=O)C2CC2)c(C)c1. The molecule has 1 aliphatic rings. The van der Waals surface area contributed by atoms with Gasteiger partial charge in [-0.15, -0.1) is 0 Å². The minimum atomic E-state index is -0.201. The molecule has 2 amide bonds. The highest BCUT2D eigenvalue weighted by Gasteiger charge is 2.29. The quantitative estimate of drug-likeness (QED) is 0.595. The Labute approximate surface area is 176 Å². The molecule has 1 heterocycles. The van der Waals surface area contributed by atoms with Crippen LogP contribution in [-0.4, -0.2) is 34.7 Å². The molecule has 30 heavy (non-hydrogen) atoms. The Bertz CT molecular complexity index is 1070. The van der Waals surface area contributed by atoms with Crippen LogP contribution in [0, 0.1) is 19.8 Å². The summed E-state index contributed by atoms with van der Waals surface area (Å²) in [6.07, 6.45) is 3.70. The summed E-state index contributed by atoms with van der Waals surface area (Å²) in [6.45, 7) is 4.87. The van der Waals surface area contributed by atoms with Crippen molar-refractivity contribution in [3.63, 3.8) is 0 Å². The van der Waals surface area contributed by atoms with E-state index in [4.69, 9.17) is 5.10 Å². The van der Waals surface area contributed by atoms with E-state index in [1.807, 2.05) is 56.3 Å². The number of aryl methyl sites for hydroxylation is 2. The number of carbonyl (C=O) groups is 2. The number of rotatable bonds is 7. The zero-order valence-corrected chi connectivity index (χ0v) is 17.3. The molecule has 0 unspecified atom stereocenters. The monoisotopic (exact) mass is 402 g/mol. The van der Waals surface area contributed by atoms with E-state index in [9.17, 15) is 9.59 Å². The van der Waals surface area contributed by atoms with Crippen molar-refractivity contribution in [3.05, 3.63) is 71.4 Å². The van der Waals surface area contributed by atoms with E-state index in [0.717, 1.165) is 35.2 Å². The molecule has 0 spiro atoms. The molecule has 0 bridgehead atoms. The van der Waals surface area contributed by atoms with Gasteiger partial charge in [0.1, 0.15) is 5.69 Å². The van der Waals surface area contributed by atoms with Gasteiger partial charge < -0.3 is 10.6 Å². The normalized spacial score (nSPS) is 13.1. The maximum absolute atomic E-state index is 13.0. The van der Waals surface area contributed by atoms with E-state index in [1.54, 1.807) is 10.9 Å². The molecule has 6 heteroatoms. The van der Waals surface area contributed by atoms with Crippen molar-refractivity contribution in [1.82, 2.24) is 20.4 Å². The third-order valence-corrected chi connectivity index (χ3v) is 5.27. The predicted molar refractivity (Wildman–Crippen MR) is 117 cm³/mol. The van der Waals surface area contributed by atoms with Gasteiger partial charge in [-0.25, -0.2) is 4.68 Å². The molecule has 1 aromatic heterocycles. The second-order valence-corrected chi connectivity index (χ2v) is 7.81. The van der Waals surface area contributed by atoms with Crippen LogP contribution in [0.2, 0.25) is 0 Å². The maximum atomic E-state index is 13.0. The van der Waals surface area contributed by atoms with Crippen molar-refractivity contribution >= 4 is 11.8 Å². The van der Waals surface area contributed by atoms with E-state index < -0.39 is 0 Å². The van der Waals surface area contributed by atoms with Gasteiger partial charge in [0.15, 0.2) is 0 Å². The molecule has 6 nitrogen and oxygen atoms in total. The molecule has 0 atom stereocenters. The van der Waals surface area contributed by atoms with Crippen molar-refractivity contribution in [3.8, 4) is 16.9 Å². The standard InChI is InChI=1S/C24H26N4O2/c1-16-8-11-20(17(2)14-16)22-21(15-28(27-22)19-6-4-3-5-7-19)24(30)26-13-12-25-23(29)18-9-10-18/h3-8,11,14-15,18H,9-10,12-13H2,1-2H3,(H,25,29)(H,26,30). The van der Waals surface area contributed by atoms with E-state index in [1.165, 1.54) is 0 Å². The Morgan fingerprint density at radius 3 is 2.47 bits per heavy atom. The van der Waals surface area contributed by atoms with Gasteiger partial charge >= 0.3 is 0 Å². The lowest BCUT2D eigenvalue weighted by atomic mass is 10.0. The highest BCUT2D eigenvalue weighted by atomic mass is 16.2. The van der Waals surface area contributed by atoms with Gasteiger partial charge in [0.2, 0.25) is 5.91 Å². The minimum absolute atomic E-state index is 0.0807. The molecule has 1 fully saturated rings. The topological polar surface area (TPSA) is 76.0 Å². The summed E-state index contributed by atoms with van der Waals surface area (Å²) in [5.41, 5.74) is 5.21. The number of aromatic nitrogens is 2. The van der Waals surface area contributed by atoms with Gasteiger partial charge in [0, 0.05) is 30.8 Å². The molecule has 2 N–H and O–H groups in total. The number of carbonyl (C=O) groups excluding carboxylic acids is 2. The summed E-state index contributed by atoms with van der Waals surface area (Å²) in [7, 11) is 0. The molecule has 1 aliphatic carbocycles. The molecule has 0 radical (unpaired) electrons. The second kappa shape index (κ2) is 8.53. The molecule has 3 aromatic rings. The maximum Gasteiger partial charge on any atom is 0.255 e. The smallest absolute Gasteiger partial charge is 0.255 e. The number of hydrogen-bond donors (Lipinski definition) is 2. The summed E-state index contributed by atoms with van der Waals surface area (Å²) in [5, 5.41) is 10.5. The van der Waals surface area contributed by atoms with Crippen LogP contribution in [0.5, 0.6) is 0 Å². The van der Waals surface area contributed by atoms with Gasteiger partial charge in [0.05, 0.1) is 11.3 Å². The van der Waals surface area contributed by atoms with Crippen LogP contribution in [0.4, 0.5) is 0 Å². The highest BCUT2D eigenvalue weighted by Crippen LogP contribution is 2.29. The largest absolute Gasteiger partial charge is 0.354 e. The number of benzene rings is 2. The number of nitrogens with zero attached hydrogens (tertiary/aromatic N) is 2. The van der Waals surface area contributed by atoms with Crippen LogP contribution in [0.1, 0.15) is 34.3 Å². The lowest BCUT2D eigenvalue weighted by molar-refractivity contribution is -0.122. The number of para-hydroxylation sites is 1. The van der Waals surface area contributed by atoms with E-state index in [0.29, 0.717) is 24.3 Å². The average Bonchev–Trinajstić information content (AvgIpc) is 3.50. The Morgan fingerprint density at radius 1 is 1.03 bits per heavy atom. The van der Waals surface area contributed by atoms with Crippen molar-refractivity contribution in [1.29, 1.82) is 0 Å². The molecular formula is C24H26N4O2. The van der Waals surface area contributed by atoms with Crippen LogP contribution in [0.15, 0.2) is 54.7 Å². The van der Waals surface area contributed by atoms with Gasteiger partial charge in [-0.2, -0.15) is 5.10 Å². The van der Waals surface area contributed by atoms with Crippen molar-refractivity contribution in [2.24, 2.45) is 5.92 Å². The molecule has 0 aliphatic heterocycles. The van der Waals surface area contributed by atoms with Crippen LogP contribution < -0.4 is 10.6 Å². The summed E-state index contributed by atoms with van der Waals surface area (Å²) in [5.74, 6) is 0.0471. The first-order chi connectivity index (χ1) is 14.5. The second-order valence-electron chi connectivity index (χ2n) is 7.81. The van der Waals surface area contributed by atoms with E-state index >= 15 is 0 Å². The summed E-state index contributed by atoms with van der Waals surface area (Å²) >= 11 is 0. The average molecular weight is 402 g/mol. The fraction of sp³-hybridized carbons (Fsp3) is 0.292. The van der Waals surface area contributed by atoms with Crippen LogP contribution in [0.3, 0.4) is 0 Å². The fourth-order valence-corrected chi connectivity index (χ4v) is 3.48. The Morgan fingerprint density at radius 2 is 1.77 bits per heavy atom. The molecule has 1 saturated carbocycles. The van der Waals surface area contributed by atoms with E-state index in [2.05, 4.69) is 16.7 Å². The molecule has 4 rings (SSSR count). The fourth-order valence-electron chi connectivity index (χ4n) is 3.48. The van der Waals surface area contributed by atoms with Crippen molar-refractivity contribution < 1.29 is 9.59 Å². The lowest BCUT2D eigenvalue weighted by Crippen LogP contribution is -2.35. The summed E-state index contributed by atoms with van der Waals surface area (Å²) in [4.78, 5) is 24.7. The van der Waals surface area contributed by atoms with Gasteiger partial charge in [-0.3, -0.25) is 9.59 Å². The van der Waals surface area contributed by atoms with Crippen molar-refractivity contribution in [2.45, 2.75) is 26.7 Å². The van der Waals surface area contributed by atoms with Crippen LogP contribution in [0.25, 0.3) is 16.9 Å². The summed E-state index contributed by atoms with van der Waals surface area (Å²) in [6, 6.07) is 15.9. The zero-order valence-electron chi connectivity index (χ0n) is 17.3. The molecule has 0 saturated heterocycles. The lowest BCUT2D eigenvalue weighted by Gasteiger charge is -2.08. The van der Waals surface area contributed by atoms with Gasteiger partial charge in [-0.05, 0) is 44.4 Å². The number of hydrogen-bond acceptors (Lipinski definition) is 3. The van der Waals surface area contributed by atoms with Crippen molar-refractivity contribution in [2.75, 3.05) is 13.1 Å². The molecule has 154 valence electrons. The first-order valence-corrected chi connectivity index (χ1v) is 10.3. The first kappa shape index (κ1) is 19.9. The highest BCUT2D eigenvalue weighted by molar-refractivity contribution is 6.00. The zero-order chi connectivity index (χ0) is 21.1. The van der Waals surface area contributed by atoms with Gasteiger partial charge in [-0.1, -0.05) is 42.0 Å². The van der Waals surface area contributed by atoms with Gasteiger partial charge in [0.25, 0.3) is 5.91 Å². The Balaban J connectivity index is 1.57. The molecule has 2 aromatic carbocycles. The third kappa shape index (κ3) is 4.43. The number of amides is 2. The Kier molecular flexibility index (Phi) is 5.65. The minimum Gasteiger partial charge on any atom is -0.354 e. The molecular weight excluding hydrogens is 376 g/mol. The third-order valence-electron chi connectivity index (χ3n) is 5.27. The van der Waals surface area contributed by atoms with Crippen LogP contribution >= 0.6 is 0 Å². The number of nitrogens with one attached hydrogen (secondary N) is 2. The summed E-state index contributed by atoms with van der Waals surface area (Å²) < 4.78 is 1.73. The Hall–Kier alpha value is -3.41. The van der Waals surface area contributed by atoms with E-state index in [-0.39, 0.29) is 17.7 Å².